The summed E-state index contributed by atoms with van der Waals surface area (Å²) >= 11 is 0. The van der Waals surface area contributed by atoms with Gasteiger partial charge in [0.2, 0.25) is 10.0 Å². The van der Waals surface area contributed by atoms with E-state index in [1.54, 1.807) is 4.31 Å². The molecule has 1 rings (SSSR count). The highest BCUT2D eigenvalue weighted by atomic mass is 32.2. The van der Waals surface area contributed by atoms with Crippen LogP contribution in [0.25, 0.3) is 0 Å². The maximum absolute atomic E-state index is 12.1. The van der Waals surface area contributed by atoms with Gasteiger partial charge in [-0.1, -0.05) is 20.8 Å². The number of hydrogen-bond acceptors (Lipinski definition) is 3. The molecule has 0 spiro atoms. The highest BCUT2D eigenvalue weighted by Crippen LogP contribution is 2.18. The summed E-state index contributed by atoms with van der Waals surface area (Å²) in [6.45, 7) is 8.21. The van der Waals surface area contributed by atoms with E-state index in [0.29, 0.717) is 31.6 Å². The molecule has 0 radical (unpaired) electrons. The average Bonchev–Trinajstić information content (AvgIpc) is 2.42. The van der Waals surface area contributed by atoms with Crippen LogP contribution in [0.4, 0.5) is 0 Å². The molecule has 17 heavy (non-hydrogen) atoms. The van der Waals surface area contributed by atoms with Gasteiger partial charge in [0.05, 0.1) is 5.75 Å². The van der Waals surface area contributed by atoms with Crippen LogP contribution in [0, 0.1) is 5.92 Å². The summed E-state index contributed by atoms with van der Waals surface area (Å²) < 4.78 is 25.9. The van der Waals surface area contributed by atoms with Gasteiger partial charge in [-0.2, -0.15) is 0 Å². The smallest absolute Gasteiger partial charge is 0.215 e. The molecule has 5 heteroatoms. The standard InChI is InChI=1S/C12H26N2O2S/c1-11(2)13-7-10-17(15,16)14-8-4-5-12(3)6-9-14/h11-13H,4-10H2,1-3H3. The lowest BCUT2D eigenvalue weighted by Crippen LogP contribution is -2.38. The molecule has 102 valence electrons. The van der Waals surface area contributed by atoms with Gasteiger partial charge >= 0.3 is 0 Å². The molecule has 4 nitrogen and oxygen atoms in total. The molecule has 1 aliphatic rings. The van der Waals surface area contributed by atoms with Crippen LogP contribution >= 0.6 is 0 Å². The van der Waals surface area contributed by atoms with Crippen LogP contribution in [0.15, 0.2) is 0 Å². The van der Waals surface area contributed by atoms with Gasteiger partial charge in [0, 0.05) is 25.7 Å². The zero-order chi connectivity index (χ0) is 12.9. The van der Waals surface area contributed by atoms with E-state index in [4.69, 9.17) is 0 Å². The monoisotopic (exact) mass is 262 g/mol. The van der Waals surface area contributed by atoms with Crippen molar-refractivity contribution in [2.24, 2.45) is 5.92 Å². The Labute approximate surface area is 106 Å². The Hall–Kier alpha value is -0.130. The number of sulfonamides is 1. The van der Waals surface area contributed by atoms with E-state index in [-0.39, 0.29) is 5.75 Å². The fourth-order valence-electron chi connectivity index (χ4n) is 2.12. The lowest BCUT2D eigenvalue weighted by Gasteiger charge is -2.20. The van der Waals surface area contributed by atoms with Crippen LogP contribution in [0.3, 0.4) is 0 Å². The second kappa shape index (κ2) is 6.71. The summed E-state index contributed by atoms with van der Waals surface area (Å²) in [7, 11) is -3.05. The highest BCUT2D eigenvalue weighted by molar-refractivity contribution is 7.89. The van der Waals surface area contributed by atoms with Crippen molar-refractivity contribution in [1.29, 1.82) is 0 Å². The minimum Gasteiger partial charge on any atom is -0.313 e. The third kappa shape index (κ3) is 5.36. The average molecular weight is 262 g/mol. The summed E-state index contributed by atoms with van der Waals surface area (Å²) in [6, 6.07) is 0.342. The van der Waals surface area contributed by atoms with Crippen molar-refractivity contribution in [2.75, 3.05) is 25.4 Å². The molecule has 0 aromatic carbocycles. The first kappa shape index (κ1) is 14.9. The van der Waals surface area contributed by atoms with Gasteiger partial charge in [-0.3, -0.25) is 0 Å². The number of nitrogens with one attached hydrogen (secondary N) is 1. The summed E-state index contributed by atoms with van der Waals surface area (Å²) in [4.78, 5) is 0. The quantitative estimate of drug-likeness (QED) is 0.815. The Morgan fingerprint density at radius 2 is 2.00 bits per heavy atom. The molecular weight excluding hydrogens is 236 g/mol. The number of hydrogen-bond donors (Lipinski definition) is 1. The molecule has 0 aromatic rings. The van der Waals surface area contributed by atoms with E-state index >= 15 is 0 Å². The Kier molecular flexibility index (Phi) is 5.89. The summed E-state index contributed by atoms with van der Waals surface area (Å²) in [5.74, 6) is 0.878. The molecular formula is C12H26N2O2S. The zero-order valence-electron chi connectivity index (χ0n) is 11.3. The van der Waals surface area contributed by atoms with E-state index < -0.39 is 10.0 Å². The SMILES string of the molecule is CC1CCCN(S(=O)(=O)CCNC(C)C)CC1. The van der Waals surface area contributed by atoms with Crippen molar-refractivity contribution in [3.05, 3.63) is 0 Å². The van der Waals surface area contributed by atoms with Gasteiger partial charge in [0.15, 0.2) is 0 Å². The normalized spacial score (nSPS) is 23.9. The predicted octanol–water partition coefficient (Wildman–Crippen LogP) is 1.44. The minimum atomic E-state index is -3.05. The van der Waals surface area contributed by atoms with Gasteiger partial charge in [-0.25, -0.2) is 12.7 Å². The van der Waals surface area contributed by atoms with E-state index in [0.717, 1.165) is 19.3 Å². The third-order valence-corrected chi connectivity index (χ3v) is 5.15. The number of nitrogens with zero attached hydrogens (tertiary/aromatic N) is 1. The van der Waals surface area contributed by atoms with E-state index in [1.165, 1.54) is 0 Å². The molecule has 0 bridgehead atoms. The maximum Gasteiger partial charge on any atom is 0.215 e. The Morgan fingerprint density at radius 1 is 1.29 bits per heavy atom. The fraction of sp³-hybridized carbons (Fsp3) is 1.00. The molecule has 0 aromatic heterocycles. The van der Waals surface area contributed by atoms with Crippen molar-refractivity contribution < 1.29 is 8.42 Å². The molecule has 0 aliphatic carbocycles. The van der Waals surface area contributed by atoms with Crippen LogP contribution in [0.2, 0.25) is 0 Å². The fourth-order valence-corrected chi connectivity index (χ4v) is 3.55. The van der Waals surface area contributed by atoms with Crippen LogP contribution < -0.4 is 5.32 Å². The predicted molar refractivity (Wildman–Crippen MR) is 71.5 cm³/mol. The summed E-state index contributed by atoms with van der Waals surface area (Å²) in [5.41, 5.74) is 0. The van der Waals surface area contributed by atoms with Gasteiger partial charge in [-0.05, 0) is 25.2 Å². The molecule has 1 atom stereocenters. The molecule has 1 unspecified atom stereocenters. The van der Waals surface area contributed by atoms with Crippen LogP contribution in [-0.2, 0) is 10.0 Å². The van der Waals surface area contributed by atoms with Crippen LogP contribution in [0.1, 0.15) is 40.0 Å². The van der Waals surface area contributed by atoms with Crippen molar-refractivity contribution >= 4 is 10.0 Å². The van der Waals surface area contributed by atoms with Crippen molar-refractivity contribution in [3.63, 3.8) is 0 Å². The van der Waals surface area contributed by atoms with E-state index in [2.05, 4.69) is 12.2 Å². The molecule has 0 amide bonds. The van der Waals surface area contributed by atoms with Gasteiger partial charge < -0.3 is 5.32 Å². The van der Waals surface area contributed by atoms with Crippen LogP contribution in [0.5, 0.6) is 0 Å². The molecule has 1 N–H and O–H groups in total. The van der Waals surface area contributed by atoms with Gasteiger partial charge in [-0.15, -0.1) is 0 Å². The lowest BCUT2D eigenvalue weighted by atomic mass is 10.0. The van der Waals surface area contributed by atoms with E-state index in [1.807, 2.05) is 13.8 Å². The minimum absolute atomic E-state index is 0.222. The number of rotatable bonds is 5. The van der Waals surface area contributed by atoms with Crippen LogP contribution in [-0.4, -0.2) is 44.2 Å². The first-order valence-corrected chi connectivity index (χ1v) is 8.24. The first-order valence-electron chi connectivity index (χ1n) is 6.63. The molecule has 1 saturated heterocycles. The Morgan fingerprint density at radius 3 is 2.65 bits per heavy atom. The third-order valence-electron chi connectivity index (χ3n) is 3.28. The maximum atomic E-state index is 12.1. The van der Waals surface area contributed by atoms with Gasteiger partial charge in [0.25, 0.3) is 0 Å². The Balaban J connectivity index is 2.45. The second-order valence-electron chi connectivity index (χ2n) is 5.36. The topological polar surface area (TPSA) is 49.4 Å². The van der Waals surface area contributed by atoms with Gasteiger partial charge in [0.1, 0.15) is 0 Å². The second-order valence-corrected chi connectivity index (χ2v) is 7.45. The van der Waals surface area contributed by atoms with E-state index in [9.17, 15) is 8.42 Å². The van der Waals surface area contributed by atoms with Crippen molar-refractivity contribution in [1.82, 2.24) is 9.62 Å². The Bertz CT molecular complexity index is 314. The molecule has 1 fully saturated rings. The summed E-state index contributed by atoms with van der Waals surface area (Å²) in [6.07, 6.45) is 3.14. The molecule has 1 heterocycles. The summed E-state index contributed by atoms with van der Waals surface area (Å²) in [5, 5.41) is 3.16. The molecule has 0 saturated carbocycles. The van der Waals surface area contributed by atoms with Crippen molar-refractivity contribution in [3.8, 4) is 0 Å². The highest BCUT2D eigenvalue weighted by Gasteiger charge is 2.24. The largest absolute Gasteiger partial charge is 0.313 e. The zero-order valence-corrected chi connectivity index (χ0v) is 12.1. The molecule has 1 aliphatic heterocycles. The lowest BCUT2D eigenvalue weighted by molar-refractivity contribution is 0.415. The van der Waals surface area contributed by atoms with Crippen molar-refractivity contribution in [2.45, 2.75) is 46.1 Å². The first-order chi connectivity index (χ1) is 7.92.